The maximum absolute atomic E-state index is 13.7. The molecule has 1 aromatic heterocycles. The second-order valence-electron chi connectivity index (χ2n) is 10.0. The third kappa shape index (κ3) is 4.18. The molecule has 2 aromatic carbocycles. The first kappa shape index (κ1) is 23.7. The molecular weight excluding hydrogens is 473 g/mol. The van der Waals surface area contributed by atoms with Gasteiger partial charge in [0, 0.05) is 37.3 Å². The number of benzene rings is 2. The van der Waals surface area contributed by atoms with Gasteiger partial charge in [0.15, 0.2) is 5.84 Å². The van der Waals surface area contributed by atoms with Crippen molar-refractivity contribution in [1.82, 2.24) is 19.8 Å². The Kier molecular flexibility index (Phi) is 5.77. The van der Waals surface area contributed by atoms with Gasteiger partial charge in [0.05, 0.1) is 43.6 Å². The van der Waals surface area contributed by atoms with Crippen molar-refractivity contribution in [3.63, 3.8) is 0 Å². The van der Waals surface area contributed by atoms with Crippen molar-refractivity contribution >= 4 is 11.9 Å². The minimum Gasteiger partial charge on any atom is -0.495 e. The largest absolute Gasteiger partial charge is 0.495 e. The van der Waals surface area contributed by atoms with Crippen LogP contribution in [0.2, 0.25) is 0 Å². The summed E-state index contributed by atoms with van der Waals surface area (Å²) in [5.41, 5.74) is 3.54. The number of oxime groups is 1. The number of ether oxygens (including phenoxy) is 2. The number of aromatic nitrogens is 2. The van der Waals surface area contributed by atoms with E-state index in [0.29, 0.717) is 19.8 Å². The topological polar surface area (TPSA) is 73.1 Å². The first-order valence-electron chi connectivity index (χ1n) is 12.4. The van der Waals surface area contributed by atoms with Gasteiger partial charge in [-0.3, -0.25) is 0 Å². The summed E-state index contributed by atoms with van der Waals surface area (Å²) in [7, 11) is 1.67. The fourth-order valence-corrected chi connectivity index (χ4v) is 5.45. The Morgan fingerprint density at radius 2 is 2.03 bits per heavy atom. The number of methoxy groups -OCH3 is 1. The van der Waals surface area contributed by atoms with Crippen LogP contribution in [0.4, 0.5) is 4.39 Å². The van der Waals surface area contributed by atoms with Crippen LogP contribution >= 0.6 is 0 Å². The number of aryl methyl sites for hydroxylation is 1. The summed E-state index contributed by atoms with van der Waals surface area (Å²) in [5.74, 6) is 1.24. The lowest BCUT2D eigenvalue weighted by Gasteiger charge is -2.48. The van der Waals surface area contributed by atoms with Crippen LogP contribution in [0.3, 0.4) is 0 Å². The summed E-state index contributed by atoms with van der Waals surface area (Å²) >= 11 is 0. The monoisotopic (exact) mass is 503 g/mol. The number of imidazole rings is 1. The molecule has 2 atom stereocenters. The Morgan fingerprint density at radius 3 is 2.73 bits per heavy atom. The summed E-state index contributed by atoms with van der Waals surface area (Å²) in [6.07, 6.45) is 6.61. The number of nitrogens with zero attached hydrogens (tertiary/aromatic N) is 4. The van der Waals surface area contributed by atoms with Gasteiger partial charge >= 0.3 is 0 Å². The molecule has 1 spiro atoms. The Labute approximate surface area is 215 Å². The highest BCUT2D eigenvalue weighted by Crippen LogP contribution is 2.43. The van der Waals surface area contributed by atoms with E-state index in [2.05, 4.69) is 32.5 Å². The summed E-state index contributed by atoms with van der Waals surface area (Å²) < 4.78 is 27.3. The zero-order chi connectivity index (χ0) is 25.6. The summed E-state index contributed by atoms with van der Waals surface area (Å²) in [6.45, 7) is 6.62. The molecule has 2 fully saturated rings. The third-order valence-corrected chi connectivity index (χ3v) is 7.40. The van der Waals surface area contributed by atoms with Crippen LogP contribution in [0, 0.1) is 12.7 Å². The molecular formula is C28H30FN5O3. The number of halogens is 1. The minimum absolute atomic E-state index is 0.284. The first-order chi connectivity index (χ1) is 17.9. The maximum Gasteiger partial charge on any atom is 0.234 e. The second kappa shape index (κ2) is 9.00. The molecule has 0 radical (unpaired) electrons. The van der Waals surface area contributed by atoms with Gasteiger partial charge in [-0.05, 0) is 49.2 Å². The molecule has 0 aliphatic carbocycles. The number of morpholine rings is 1. The highest BCUT2D eigenvalue weighted by atomic mass is 19.1. The highest BCUT2D eigenvalue weighted by molar-refractivity contribution is 6.04. The lowest BCUT2D eigenvalue weighted by atomic mass is 9.82. The fraction of sp³-hybridized carbons (Fsp3) is 0.357. The SMILES string of the molecule is COc1cc(/C=C2\CC3(COCCN3)CN3C2=NOC3(C)c2ccc(F)cc2)ccc1-n1cnc(C)c1. The summed E-state index contributed by atoms with van der Waals surface area (Å²) in [5, 5.41) is 8.25. The molecule has 6 rings (SSSR count). The van der Waals surface area contributed by atoms with Gasteiger partial charge < -0.3 is 29.1 Å². The molecule has 0 bridgehead atoms. The predicted molar refractivity (Wildman–Crippen MR) is 138 cm³/mol. The zero-order valence-electron chi connectivity index (χ0n) is 21.2. The molecule has 0 saturated carbocycles. The number of amidine groups is 1. The molecule has 8 nitrogen and oxygen atoms in total. The Balaban J connectivity index is 1.39. The number of fused-ring (bicyclic) bond motifs is 1. The fourth-order valence-electron chi connectivity index (χ4n) is 5.45. The van der Waals surface area contributed by atoms with Gasteiger partial charge in [0.1, 0.15) is 11.6 Å². The minimum atomic E-state index is -0.866. The summed E-state index contributed by atoms with van der Waals surface area (Å²) in [6, 6.07) is 12.5. The number of hydrogen-bond acceptors (Lipinski definition) is 7. The first-order valence-corrected chi connectivity index (χ1v) is 12.4. The molecule has 192 valence electrons. The smallest absolute Gasteiger partial charge is 0.234 e. The van der Waals surface area contributed by atoms with Crippen LogP contribution in [-0.4, -0.2) is 59.2 Å². The van der Waals surface area contributed by atoms with Crippen LogP contribution < -0.4 is 10.1 Å². The summed E-state index contributed by atoms with van der Waals surface area (Å²) in [4.78, 5) is 12.6. The van der Waals surface area contributed by atoms with Gasteiger partial charge in [-0.1, -0.05) is 23.4 Å². The van der Waals surface area contributed by atoms with E-state index in [0.717, 1.165) is 52.6 Å². The standard InChI is InChI=1S/C28H30FN5O3/c1-19-15-33(18-30-19)24-9-4-20(13-25(24)35-3)12-21-14-28(17-36-11-10-31-28)16-34-26(21)32-37-27(34,2)22-5-7-23(29)8-6-22/h4-9,12-13,15,18,31H,10-11,14,16-17H2,1-3H3/b21-12+. The van der Waals surface area contributed by atoms with E-state index >= 15 is 0 Å². The van der Waals surface area contributed by atoms with Crippen LogP contribution in [-0.2, 0) is 15.3 Å². The van der Waals surface area contributed by atoms with Crippen LogP contribution in [0.15, 0.2) is 65.7 Å². The lowest BCUT2D eigenvalue weighted by molar-refractivity contribution is -0.106. The lowest BCUT2D eigenvalue weighted by Crippen LogP contribution is -2.66. The number of hydrogen-bond donors (Lipinski definition) is 1. The van der Waals surface area contributed by atoms with E-state index in [1.807, 2.05) is 36.7 Å². The predicted octanol–water partition coefficient (Wildman–Crippen LogP) is 3.99. The third-order valence-electron chi connectivity index (χ3n) is 7.40. The van der Waals surface area contributed by atoms with E-state index in [1.165, 1.54) is 12.1 Å². The van der Waals surface area contributed by atoms with Crippen molar-refractivity contribution in [2.75, 3.05) is 33.4 Å². The molecule has 1 N–H and O–H groups in total. The molecule has 9 heteroatoms. The van der Waals surface area contributed by atoms with Crippen LogP contribution in [0.25, 0.3) is 11.8 Å². The van der Waals surface area contributed by atoms with E-state index < -0.39 is 5.72 Å². The van der Waals surface area contributed by atoms with Crippen molar-refractivity contribution < 1.29 is 18.7 Å². The van der Waals surface area contributed by atoms with Gasteiger partial charge in [-0.2, -0.15) is 0 Å². The van der Waals surface area contributed by atoms with Crippen molar-refractivity contribution in [2.45, 2.75) is 31.5 Å². The molecule has 3 aliphatic heterocycles. The van der Waals surface area contributed by atoms with E-state index in [-0.39, 0.29) is 11.4 Å². The molecule has 4 heterocycles. The Bertz CT molecular complexity index is 1380. The normalized spacial score (nSPS) is 26.2. The van der Waals surface area contributed by atoms with Crippen molar-refractivity contribution in [2.24, 2.45) is 5.16 Å². The highest BCUT2D eigenvalue weighted by Gasteiger charge is 2.52. The number of nitrogens with one attached hydrogen (secondary N) is 1. The second-order valence-corrected chi connectivity index (χ2v) is 10.0. The van der Waals surface area contributed by atoms with Crippen molar-refractivity contribution in [3.05, 3.63) is 83.2 Å². The number of rotatable bonds is 4. The van der Waals surface area contributed by atoms with Gasteiger partial charge in [0.2, 0.25) is 5.72 Å². The quantitative estimate of drug-likeness (QED) is 0.581. The molecule has 2 saturated heterocycles. The Morgan fingerprint density at radius 1 is 1.19 bits per heavy atom. The van der Waals surface area contributed by atoms with E-state index in [9.17, 15) is 4.39 Å². The van der Waals surface area contributed by atoms with Crippen LogP contribution in [0.5, 0.6) is 5.75 Å². The van der Waals surface area contributed by atoms with Gasteiger partial charge in [-0.25, -0.2) is 9.37 Å². The van der Waals surface area contributed by atoms with Gasteiger partial charge in [-0.15, -0.1) is 0 Å². The van der Waals surface area contributed by atoms with Gasteiger partial charge in [0.25, 0.3) is 0 Å². The molecule has 3 aliphatic rings. The average Bonchev–Trinajstić information content (AvgIpc) is 3.48. The molecule has 37 heavy (non-hydrogen) atoms. The molecule has 2 unspecified atom stereocenters. The maximum atomic E-state index is 13.7. The van der Waals surface area contributed by atoms with Crippen LogP contribution in [0.1, 0.15) is 30.2 Å². The average molecular weight is 504 g/mol. The zero-order valence-corrected chi connectivity index (χ0v) is 21.2. The van der Waals surface area contributed by atoms with E-state index in [4.69, 9.17) is 14.3 Å². The molecule has 3 aromatic rings. The van der Waals surface area contributed by atoms with Crippen molar-refractivity contribution in [1.29, 1.82) is 0 Å². The Hall–Kier alpha value is -3.69. The van der Waals surface area contributed by atoms with Crippen molar-refractivity contribution in [3.8, 4) is 11.4 Å². The number of piperidine rings is 1. The van der Waals surface area contributed by atoms with E-state index in [1.54, 1.807) is 25.6 Å². The molecule has 0 amide bonds.